The van der Waals surface area contributed by atoms with Crippen molar-refractivity contribution in [2.75, 3.05) is 13.1 Å². The van der Waals surface area contributed by atoms with Gasteiger partial charge in [-0.25, -0.2) is 0 Å². The number of aromatic nitrogens is 2. The van der Waals surface area contributed by atoms with Gasteiger partial charge in [-0.2, -0.15) is 4.98 Å². The van der Waals surface area contributed by atoms with Crippen LogP contribution in [0.5, 0.6) is 0 Å². The molecule has 0 bridgehead atoms. The summed E-state index contributed by atoms with van der Waals surface area (Å²) >= 11 is 0. The molecule has 2 N–H and O–H groups in total. The Balaban J connectivity index is 1.56. The van der Waals surface area contributed by atoms with Crippen molar-refractivity contribution in [3.63, 3.8) is 0 Å². The van der Waals surface area contributed by atoms with Gasteiger partial charge in [0.15, 0.2) is 5.82 Å². The van der Waals surface area contributed by atoms with Gasteiger partial charge < -0.3 is 10.3 Å². The van der Waals surface area contributed by atoms with Crippen LogP contribution in [-0.4, -0.2) is 34.0 Å². The number of likely N-dealkylation sites (tertiary alicyclic amines) is 1. The molecule has 0 radical (unpaired) electrons. The van der Waals surface area contributed by atoms with E-state index in [9.17, 15) is 4.79 Å². The highest BCUT2D eigenvalue weighted by Gasteiger charge is 2.26. The molecule has 25 heavy (non-hydrogen) atoms. The minimum atomic E-state index is -0.373. The summed E-state index contributed by atoms with van der Waals surface area (Å²) in [6.45, 7) is 8.94. The molecule has 0 aliphatic carbocycles. The Hall–Kier alpha value is -2.21. The Morgan fingerprint density at radius 3 is 2.88 bits per heavy atom. The third-order valence-electron chi connectivity index (χ3n) is 4.58. The fourth-order valence-electron chi connectivity index (χ4n) is 3.23. The fourth-order valence-corrected chi connectivity index (χ4v) is 3.23. The van der Waals surface area contributed by atoms with Crippen molar-refractivity contribution in [2.45, 2.75) is 45.6 Å². The second kappa shape index (κ2) is 6.96. The van der Waals surface area contributed by atoms with Crippen molar-refractivity contribution in [2.24, 2.45) is 11.7 Å². The molecule has 1 aromatic carbocycles. The van der Waals surface area contributed by atoms with Crippen LogP contribution < -0.4 is 5.73 Å². The zero-order valence-electron chi connectivity index (χ0n) is 15.2. The average molecular weight is 342 g/mol. The third-order valence-corrected chi connectivity index (χ3v) is 4.58. The van der Waals surface area contributed by atoms with Gasteiger partial charge >= 0.3 is 0 Å². The van der Waals surface area contributed by atoms with Crippen LogP contribution in [0.3, 0.4) is 0 Å². The Kier molecular flexibility index (Phi) is 4.90. The zero-order chi connectivity index (χ0) is 18.0. The van der Waals surface area contributed by atoms with Crippen LogP contribution in [0.4, 0.5) is 0 Å². The quantitative estimate of drug-likeness (QED) is 0.902. The van der Waals surface area contributed by atoms with Gasteiger partial charge in [0.2, 0.25) is 11.8 Å². The molecule has 1 aliphatic rings. The van der Waals surface area contributed by atoms with Crippen LogP contribution >= 0.6 is 0 Å². The van der Waals surface area contributed by atoms with Gasteiger partial charge in [-0.05, 0) is 43.0 Å². The number of rotatable bonds is 5. The van der Waals surface area contributed by atoms with Crippen LogP contribution in [0.15, 0.2) is 28.8 Å². The number of amides is 1. The minimum absolute atomic E-state index is 0.121. The van der Waals surface area contributed by atoms with E-state index in [2.05, 4.69) is 41.9 Å². The summed E-state index contributed by atoms with van der Waals surface area (Å²) in [6, 6.07) is 7.62. The maximum absolute atomic E-state index is 11.3. The second-order valence-electron chi connectivity index (χ2n) is 7.92. The molecule has 1 atom stereocenters. The lowest BCUT2D eigenvalue weighted by Gasteiger charge is -2.14. The molecule has 134 valence electrons. The molecule has 1 aliphatic heterocycles. The Labute approximate surface area is 148 Å². The third kappa shape index (κ3) is 4.45. The van der Waals surface area contributed by atoms with Crippen molar-refractivity contribution in [1.82, 2.24) is 15.0 Å². The molecule has 2 aromatic rings. The number of nitrogens with zero attached hydrogens (tertiary/aromatic N) is 3. The van der Waals surface area contributed by atoms with E-state index in [1.807, 2.05) is 12.1 Å². The SMILES string of the molecule is CC(C)(C)c1nc(CN2CC[C@@H](Cc3cccc(C(N)=O)c3)C2)no1. The molecule has 1 aromatic heterocycles. The maximum Gasteiger partial charge on any atom is 0.248 e. The summed E-state index contributed by atoms with van der Waals surface area (Å²) in [5.74, 6) is 1.63. The predicted octanol–water partition coefficient (Wildman–Crippen LogP) is 2.53. The number of benzene rings is 1. The van der Waals surface area contributed by atoms with E-state index in [4.69, 9.17) is 10.3 Å². The topological polar surface area (TPSA) is 85.3 Å². The van der Waals surface area contributed by atoms with E-state index in [0.717, 1.165) is 43.9 Å². The van der Waals surface area contributed by atoms with E-state index in [1.54, 1.807) is 6.07 Å². The van der Waals surface area contributed by atoms with Gasteiger partial charge in [0.05, 0.1) is 6.54 Å². The van der Waals surface area contributed by atoms with E-state index >= 15 is 0 Å². The number of hydrogen-bond acceptors (Lipinski definition) is 5. The highest BCUT2D eigenvalue weighted by atomic mass is 16.5. The fraction of sp³-hybridized carbons (Fsp3) is 0.526. The molecular weight excluding hydrogens is 316 g/mol. The lowest BCUT2D eigenvalue weighted by molar-refractivity contribution is 0.1000. The molecule has 1 fully saturated rings. The summed E-state index contributed by atoms with van der Waals surface area (Å²) in [7, 11) is 0. The maximum atomic E-state index is 11.3. The van der Waals surface area contributed by atoms with Gasteiger partial charge in [-0.3, -0.25) is 9.69 Å². The van der Waals surface area contributed by atoms with Crippen molar-refractivity contribution < 1.29 is 9.32 Å². The van der Waals surface area contributed by atoms with Crippen LogP contribution in [0.2, 0.25) is 0 Å². The van der Waals surface area contributed by atoms with Gasteiger partial charge in [-0.1, -0.05) is 38.1 Å². The lowest BCUT2D eigenvalue weighted by atomic mass is 9.97. The van der Waals surface area contributed by atoms with E-state index in [-0.39, 0.29) is 11.3 Å². The summed E-state index contributed by atoms with van der Waals surface area (Å²) in [5.41, 5.74) is 6.98. The van der Waals surface area contributed by atoms with Crippen molar-refractivity contribution in [1.29, 1.82) is 0 Å². The molecule has 3 rings (SSSR count). The van der Waals surface area contributed by atoms with Crippen LogP contribution in [0.1, 0.15) is 54.8 Å². The Morgan fingerprint density at radius 2 is 2.20 bits per heavy atom. The van der Waals surface area contributed by atoms with Gasteiger partial charge in [0.1, 0.15) is 0 Å². The standard InChI is InChI=1S/C19H26N4O2/c1-19(2,3)18-21-16(22-25-18)12-23-8-7-14(11-23)9-13-5-4-6-15(10-13)17(20)24/h4-6,10,14H,7-9,11-12H2,1-3H3,(H2,20,24)/t14-/m0/s1. The lowest BCUT2D eigenvalue weighted by Crippen LogP contribution is -2.21. The summed E-state index contributed by atoms with van der Waals surface area (Å²) in [5, 5.41) is 4.11. The molecule has 0 spiro atoms. The average Bonchev–Trinajstić information content (AvgIpc) is 3.17. The normalized spacial score (nSPS) is 18.6. The van der Waals surface area contributed by atoms with Gasteiger partial charge in [-0.15, -0.1) is 0 Å². The van der Waals surface area contributed by atoms with Crippen molar-refractivity contribution in [3.05, 3.63) is 47.1 Å². The monoisotopic (exact) mass is 342 g/mol. The first-order chi connectivity index (χ1) is 11.8. The van der Waals surface area contributed by atoms with E-state index < -0.39 is 0 Å². The number of carbonyl (C=O) groups is 1. The first-order valence-electron chi connectivity index (χ1n) is 8.75. The summed E-state index contributed by atoms with van der Waals surface area (Å²) in [6.07, 6.45) is 2.09. The summed E-state index contributed by atoms with van der Waals surface area (Å²) < 4.78 is 5.37. The molecule has 6 nitrogen and oxygen atoms in total. The molecule has 0 unspecified atom stereocenters. The highest BCUT2D eigenvalue weighted by Crippen LogP contribution is 2.24. The summed E-state index contributed by atoms with van der Waals surface area (Å²) in [4.78, 5) is 18.2. The van der Waals surface area contributed by atoms with Gasteiger partial charge in [0, 0.05) is 17.5 Å². The number of hydrogen-bond donors (Lipinski definition) is 1. The Bertz CT molecular complexity index is 748. The van der Waals surface area contributed by atoms with Crippen LogP contribution in [-0.2, 0) is 18.4 Å². The first-order valence-corrected chi connectivity index (χ1v) is 8.75. The molecule has 6 heteroatoms. The van der Waals surface area contributed by atoms with Crippen molar-refractivity contribution in [3.8, 4) is 0 Å². The van der Waals surface area contributed by atoms with Gasteiger partial charge in [0.25, 0.3) is 0 Å². The van der Waals surface area contributed by atoms with Crippen LogP contribution in [0.25, 0.3) is 0 Å². The van der Waals surface area contributed by atoms with Crippen molar-refractivity contribution >= 4 is 5.91 Å². The molecule has 2 heterocycles. The molecule has 1 saturated heterocycles. The second-order valence-corrected chi connectivity index (χ2v) is 7.92. The smallest absolute Gasteiger partial charge is 0.248 e. The number of carbonyl (C=O) groups excluding carboxylic acids is 1. The molecular formula is C19H26N4O2. The highest BCUT2D eigenvalue weighted by molar-refractivity contribution is 5.92. The number of primary amides is 1. The Morgan fingerprint density at radius 1 is 1.40 bits per heavy atom. The van der Waals surface area contributed by atoms with E-state index in [1.165, 1.54) is 0 Å². The van der Waals surface area contributed by atoms with Crippen LogP contribution in [0, 0.1) is 5.92 Å². The zero-order valence-corrected chi connectivity index (χ0v) is 15.2. The molecule has 0 saturated carbocycles. The first kappa shape index (κ1) is 17.6. The number of nitrogens with two attached hydrogens (primary N) is 1. The molecule has 1 amide bonds. The largest absolute Gasteiger partial charge is 0.366 e. The minimum Gasteiger partial charge on any atom is -0.366 e. The van der Waals surface area contributed by atoms with E-state index in [0.29, 0.717) is 17.4 Å². The predicted molar refractivity (Wildman–Crippen MR) is 95.0 cm³/mol.